The fraction of sp³-hybridized carbons (Fsp3) is 0.500. The SMILES string of the molecule is Br.Br.CC(C)(CCN1C(=O)c2ccccc2C1=O)NCCCCCCNC(C)(C)CCN1C(=O)c2ccccc2C1=O. The molecule has 2 aromatic rings. The van der Waals surface area contributed by atoms with Crippen LogP contribution in [0.4, 0.5) is 0 Å². The fourth-order valence-corrected chi connectivity index (χ4v) is 5.30. The van der Waals surface area contributed by atoms with E-state index in [9.17, 15) is 19.2 Å². The molecule has 2 aliphatic heterocycles. The first-order chi connectivity index (χ1) is 19.0. The fourth-order valence-electron chi connectivity index (χ4n) is 5.30. The highest BCUT2D eigenvalue weighted by Gasteiger charge is 2.37. The van der Waals surface area contributed by atoms with Crippen LogP contribution >= 0.6 is 34.0 Å². The molecule has 0 atom stereocenters. The molecule has 0 saturated heterocycles. The molecule has 0 radical (unpaired) electrons. The summed E-state index contributed by atoms with van der Waals surface area (Å²) in [4.78, 5) is 53.1. The first kappa shape index (κ1) is 35.8. The average Bonchev–Trinajstić information content (AvgIpc) is 3.32. The van der Waals surface area contributed by atoms with E-state index < -0.39 is 0 Å². The molecular weight excluding hydrogens is 664 g/mol. The van der Waals surface area contributed by atoms with Crippen LogP contribution in [-0.2, 0) is 0 Å². The minimum absolute atomic E-state index is 0. The van der Waals surface area contributed by atoms with Crippen molar-refractivity contribution < 1.29 is 19.2 Å². The number of benzene rings is 2. The summed E-state index contributed by atoms with van der Waals surface area (Å²) in [6, 6.07) is 14.0. The second kappa shape index (κ2) is 15.4. The topological polar surface area (TPSA) is 98.8 Å². The Balaban J connectivity index is 0.00000308. The van der Waals surface area contributed by atoms with Crippen LogP contribution in [0.15, 0.2) is 48.5 Å². The molecule has 0 saturated carbocycles. The number of halogens is 2. The van der Waals surface area contributed by atoms with Crippen LogP contribution in [0.1, 0.15) is 108 Å². The number of rotatable bonds is 15. The van der Waals surface area contributed by atoms with Gasteiger partial charge in [-0.2, -0.15) is 0 Å². The number of carbonyl (C=O) groups excluding carboxylic acids is 4. The standard InChI is InChI=1S/C32H42N4O4.2BrH/c1-31(2,17-21-35-27(37)23-13-7-8-14-24(23)28(35)38)33-19-11-5-6-12-20-34-32(3,4)18-22-36-29(39)25-15-9-10-16-26(25)30(36)40;;/h7-10,13-16,33-34H,5-6,11-12,17-22H2,1-4H3;2*1H. The summed E-state index contributed by atoms with van der Waals surface area (Å²) in [7, 11) is 0. The lowest BCUT2D eigenvalue weighted by Gasteiger charge is -2.29. The third-order valence-electron chi connectivity index (χ3n) is 7.99. The molecule has 2 N–H and O–H groups in total. The molecule has 230 valence electrons. The Kier molecular flexibility index (Phi) is 13.1. The molecule has 0 spiro atoms. The van der Waals surface area contributed by atoms with Crippen molar-refractivity contribution >= 4 is 57.6 Å². The molecule has 42 heavy (non-hydrogen) atoms. The van der Waals surface area contributed by atoms with E-state index in [0.29, 0.717) is 48.2 Å². The number of unbranched alkanes of at least 4 members (excludes halogenated alkanes) is 3. The lowest BCUT2D eigenvalue weighted by molar-refractivity contribution is 0.0625. The number of carbonyl (C=O) groups is 4. The average molecular weight is 709 g/mol. The molecule has 0 aromatic heterocycles. The van der Waals surface area contributed by atoms with Crippen molar-refractivity contribution in [1.29, 1.82) is 0 Å². The van der Waals surface area contributed by atoms with Gasteiger partial charge in [-0.1, -0.05) is 37.1 Å². The molecule has 2 heterocycles. The van der Waals surface area contributed by atoms with E-state index >= 15 is 0 Å². The van der Waals surface area contributed by atoms with Crippen LogP contribution in [0.3, 0.4) is 0 Å². The highest BCUT2D eigenvalue weighted by molar-refractivity contribution is 8.93. The van der Waals surface area contributed by atoms with Gasteiger partial charge in [0.25, 0.3) is 23.6 Å². The van der Waals surface area contributed by atoms with Gasteiger partial charge < -0.3 is 10.6 Å². The molecular formula is C32H44Br2N4O4. The van der Waals surface area contributed by atoms with Crippen LogP contribution in [0, 0.1) is 0 Å². The van der Waals surface area contributed by atoms with Crippen LogP contribution in [0.2, 0.25) is 0 Å². The smallest absolute Gasteiger partial charge is 0.261 e. The normalized spacial score (nSPS) is 14.6. The van der Waals surface area contributed by atoms with E-state index in [2.05, 4.69) is 38.3 Å². The summed E-state index contributed by atoms with van der Waals surface area (Å²) >= 11 is 0. The number of nitrogens with zero attached hydrogens (tertiary/aromatic N) is 2. The van der Waals surface area contributed by atoms with Crippen LogP contribution < -0.4 is 10.6 Å². The molecule has 2 aliphatic rings. The highest BCUT2D eigenvalue weighted by atomic mass is 79.9. The Morgan fingerprint density at radius 1 is 0.524 bits per heavy atom. The largest absolute Gasteiger partial charge is 0.312 e. The van der Waals surface area contributed by atoms with Gasteiger partial charge in [-0.15, -0.1) is 34.0 Å². The van der Waals surface area contributed by atoms with Gasteiger partial charge in [-0.25, -0.2) is 0 Å². The summed E-state index contributed by atoms with van der Waals surface area (Å²) in [6.07, 6.45) is 5.72. The molecule has 10 heteroatoms. The van der Waals surface area contributed by atoms with E-state index in [4.69, 9.17) is 0 Å². The minimum atomic E-state index is -0.197. The zero-order valence-corrected chi connectivity index (χ0v) is 28.5. The van der Waals surface area contributed by atoms with Gasteiger partial charge >= 0.3 is 0 Å². The minimum Gasteiger partial charge on any atom is -0.312 e. The zero-order chi connectivity index (χ0) is 28.9. The van der Waals surface area contributed by atoms with Crippen molar-refractivity contribution in [3.63, 3.8) is 0 Å². The second-order valence-electron chi connectivity index (χ2n) is 12.2. The van der Waals surface area contributed by atoms with Gasteiger partial charge in [0.05, 0.1) is 22.3 Å². The summed E-state index contributed by atoms with van der Waals surface area (Å²) in [5, 5.41) is 7.16. The third-order valence-corrected chi connectivity index (χ3v) is 7.99. The second-order valence-corrected chi connectivity index (χ2v) is 12.2. The van der Waals surface area contributed by atoms with Crippen LogP contribution in [0.25, 0.3) is 0 Å². The Labute approximate surface area is 270 Å². The Hall–Kier alpha value is -2.40. The molecule has 0 bridgehead atoms. The van der Waals surface area contributed by atoms with Gasteiger partial charge in [0.1, 0.15) is 0 Å². The molecule has 0 fully saturated rings. The van der Waals surface area contributed by atoms with E-state index in [1.54, 1.807) is 48.5 Å². The Morgan fingerprint density at radius 3 is 1.10 bits per heavy atom. The number of hydrogen-bond donors (Lipinski definition) is 2. The monoisotopic (exact) mass is 706 g/mol. The van der Waals surface area contributed by atoms with Crippen LogP contribution in [0.5, 0.6) is 0 Å². The predicted molar refractivity (Wildman–Crippen MR) is 176 cm³/mol. The third kappa shape index (κ3) is 8.58. The van der Waals surface area contributed by atoms with Gasteiger partial charge in [0, 0.05) is 24.2 Å². The Morgan fingerprint density at radius 2 is 0.810 bits per heavy atom. The van der Waals surface area contributed by atoms with E-state index in [1.165, 1.54) is 9.80 Å². The first-order valence-corrected chi connectivity index (χ1v) is 14.4. The molecule has 0 unspecified atom stereocenters. The first-order valence-electron chi connectivity index (χ1n) is 14.4. The van der Waals surface area contributed by atoms with E-state index in [1.807, 2.05) is 0 Å². The molecule has 4 rings (SSSR count). The Bertz CT molecular complexity index is 1110. The van der Waals surface area contributed by atoms with Crippen molar-refractivity contribution in [1.82, 2.24) is 20.4 Å². The summed E-state index contributed by atoms with van der Waals surface area (Å²) in [6.45, 7) is 11.0. The number of imide groups is 2. The molecule has 4 amide bonds. The molecule has 0 aliphatic carbocycles. The van der Waals surface area contributed by atoms with Gasteiger partial charge in [0.2, 0.25) is 0 Å². The van der Waals surface area contributed by atoms with Gasteiger partial charge in [-0.3, -0.25) is 29.0 Å². The zero-order valence-electron chi connectivity index (χ0n) is 25.0. The molecule has 8 nitrogen and oxygen atoms in total. The lowest BCUT2D eigenvalue weighted by Crippen LogP contribution is -2.44. The number of nitrogens with one attached hydrogen (secondary N) is 2. The van der Waals surface area contributed by atoms with Gasteiger partial charge in [0.15, 0.2) is 0 Å². The van der Waals surface area contributed by atoms with Crippen LogP contribution in [-0.4, -0.2) is 70.7 Å². The summed E-state index contributed by atoms with van der Waals surface area (Å²) in [5.41, 5.74) is 1.64. The quantitative estimate of drug-likeness (QED) is 0.179. The summed E-state index contributed by atoms with van der Waals surface area (Å²) in [5.74, 6) is -0.790. The van der Waals surface area contributed by atoms with Gasteiger partial charge in [-0.05, 0) is 90.7 Å². The number of fused-ring (bicyclic) bond motifs is 2. The van der Waals surface area contributed by atoms with Crippen molar-refractivity contribution in [3.8, 4) is 0 Å². The molecule has 2 aromatic carbocycles. The lowest BCUT2D eigenvalue weighted by atomic mass is 9.99. The van der Waals surface area contributed by atoms with E-state index in [-0.39, 0.29) is 68.7 Å². The predicted octanol–water partition coefficient (Wildman–Crippen LogP) is 5.81. The van der Waals surface area contributed by atoms with Crippen molar-refractivity contribution in [2.24, 2.45) is 0 Å². The maximum Gasteiger partial charge on any atom is 0.261 e. The maximum atomic E-state index is 12.6. The van der Waals surface area contributed by atoms with Crippen molar-refractivity contribution in [2.45, 2.75) is 77.3 Å². The number of hydrogen-bond acceptors (Lipinski definition) is 6. The number of amides is 4. The van der Waals surface area contributed by atoms with E-state index in [0.717, 1.165) is 38.8 Å². The van der Waals surface area contributed by atoms with Crippen molar-refractivity contribution in [3.05, 3.63) is 70.8 Å². The van der Waals surface area contributed by atoms with Crippen molar-refractivity contribution in [2.75, 3.05) is 26.2 Å². The highest BCUT2D eigenvalue weighted by Crippen LogP contribution is 2.25. The summed E-state index contributed by atoms with van der Waals surface area (Å²) < 4.78 is 0. The maximum absolute atomic E-state index is 12.6.